The van der Waals surface area contributed by atoms with Gasteiger partial charge in [-0.05, 0) is 76.0 Å². The predicted octanol–water partition coefficient (Wildman–Crippen LogP) is 6.34. The molecule has 32 heavy (non-hydrogen) atoms. The summed E-state index contributed by atoms with van der Waals surface area (Å²) in [7, 11) is 0. The number of fused-ring (bicyclic) bond motifs is 2. The summed E-state index contributed by atoms with van der Waals surface area (Å²) in [5.41, 5.74) is 0. The van der Waals surface area contributed by atoms with Crippen LogP contribution in [0.5, 0.6) is 0 Å². The summed E-state index contributed by atoms with van der Waals surface area (Å²) in [6.07, 6.45) is 26.5. The average Bonchev–Trinajstić information content (AvgIpc) is 2.83. The minimum absolute atomic E-state index is 0.440. The van der Waals surface area contributed by atoms with Crippen molar-refractivity contribution in [1.82, 2.24) is 9.80 Å². The van der Waals surface area contributed by atoms with Gasteiger partial charge in [-0.1, -0.05) is 51.4 Å². The van der Waals surface area contributed by atoms with Crippen LogP contribution in [-0.4, -0.2) is 60.6 Å². The highest BCUT2D eigenvalue weighted by molar-refractivity contribution is 4.85. The number of nitrogens with zero attached hydrogens (tertiary/aromatic N) is 2. The molecule has 0 unspecified atom stereocenters. The van der Waals surface area contributed by atoms with Gasteiger partial charge in [-0.25, -0.2) is 0 Å². The van der Waals surface area contributed by atoms with Gasteiger partial charge in [-0.2, -0.15) is 0 Å². The quantitative estimate of drug-likeness (QED) is 0.434. The van der Waals surface area contributed by atoms with E-state index in [-0.39, 0.29) is 0 Å². The lowest BCUT2D eigenvalue weighted by Crippen LogP contribution is -2.53. The molecule has 5 saturated heterocycles. The van der Waals surface area contributed by atoms with Crippen molar-refractivity contribution in [1.29, 1.82) is 0 Å². The van der Waals surface area contributed by atoms with Gasteiger partial charge in [0, 0.05) is 26.2 Å². The number of rotatable bonds is 0. The van der Waals surface area contributed by atoms with Crippen LogP contribution in [0, 0.1) is 11.8 Å². The highest BCUT2D eigenvalue weighted by Crippen LogP contribution is 2.36. The third-order valence-electron chi connectivity index (χ3n) is 9.41. The Labute approximate surface area is 197 Å². The molecule has 184 valence electrons. The summed E-state index contributed by atoms with van der Waals surface area (Å²) in [4.78, 5) is 5.36. The SMILES string of the molecule is C1CCC[C@H]2CCCN3CC[C@@H](CCCCCC[C@@H]4CCCN5CC[C@@H](CC1)O[C@@H]45)O[C@@H]23. The van der Waals surface area contributed by atoms with Crippen LogP contribution in [0.3, 0.4) is 0 Å². The summed E-state index contributed by atoms with van der Waals surface area (Å²) in [5, 5.41) is 0. The van der Waals surface area contributed by atoms with Gasteiger partial charge in [0.1, 0.15) is 12.5 Å². The van der Waals surface area contributed by atoms with Crippen molar-refractivity contribution in [2.24, 2.45) is 11.8 Å². The van der Waals surface area contributed by atoms with Gasteiger partial charge in [0.25, 0.3) is 0 Å². The molecule has 4 bridgehead atoms. The van der Waals surface area contributed by atoms with E-state index in [0.29, 0.717) is 24.7 Å². The Hall–Kier alpha value is -0.160. The normalized spacial score (nSPS) is 41.6. The van der Waals surface area contributed by atoms with E-state index in [1.807, 2.05) is 0 Å². The Bertz CT molecular complexity index is 510. The van der Waals surface area contributed by atoms with Crippen molar-refractivity contribution in [3.8, 4) is 0 Å². The summed E-state index contributed by atoms with van der Waals surface area (Å²) in [5.74, 6) is 1.57. The minimum Gasteiger partial charge on any atom is -0.360 e. The molecule has 0 aliphatic carbocycles. The first-order chi connectivity index (χ1) is 15.9. The van der Waals surface area contributed by atoms with E-state index < -0.39 is 0 Å². The molecule has 5 fully saturated rings. The topological polar surface area (TPSA) is 24.9 Å². The third-order valence-corrected chi connectivity index (χ3v) is 9.41. The summed E-state index contributed by atoms with van der Waals surface area (Å²) in [6, 6.07) is 0. The summed E-state index contributed by atoms with van der Waals surface area (Å²) in [6.45, 7) is 5.11. The van der Waals surface area contributed by atoms with Crippen molar-refractivity contribution in [3.05, 3.63) is 0 Å². The number of hydrogen-bond acceptors (Lipinski definition) is 4. The van der Waals surface area contributed by atoms with Crippen LogP contribution < -0.4 is 0 Å². The Balaban J connectivity index is 1.16. The third kappa shape index (κ3) is 6.09. The van der Waals surface area contributed by atoms with Crippen molar-refractivity contribution < 1.29 is 9.47 Å². The van der Waals surface area contributed by atoms with E-state index in [9.17, 15) is 0 Å². The van der Waals surface area contributed by atoms with Gasteiger partial charge in [0.15, 0.2) is 0 Å². The first-order valence-electron chi connectivity index (χ1n) is 14.7. The van der Waals surface area contributed by atoms with E-state index in [4.69, 9.17) is 9.47 Å². The Morgan fingerprint density at radius 2 is 0.781 bits per heavy atom. The van der Waals surface area contributed by atoms with Crippen LogP contribution in [0.1, 0.15) is 116 Å². The minimum atomic E-state index is 0.440. The first-order valence-corrected chi connectivity index (χ1v) is 14.7. The van der Waals surface area contributed by atoms with Crippen LogP contribution >= 0.6 is 0 Å². The smallest absolute Gasteiger partial charge is 0.113 e. The molecule has 0 spiro atoms. The number of piperidine rings is 2. The van der Waals surface area contributed by atoms with Crippen LogP contribution in [0.25, 0.3) is 0 Å². The first kappa shape index (κ1) is 23.6. The monoisotopic (exact) mass is 446 g/mol. The van der Waals surface area contributed by atoms with Gasteiger partial charge in [0.2, 0.25) is 0 Å². The molecule has 4 heteroatoms. The van der Waals surface area contributed by atoms with Gasteiger partial charge >= 0.3 is 0 Å². The zero-order chi connectivity index (χ0) is 21.6. The largest absolute Gasteiger partial charge is 0.360 e. The zero-order valence-corrected chi connectivity index (χ0v) is 20.7. The fourth-order valence-corrected chi connectivity index (χ4v) is 7.53. The number of ether oxygens (including phenoxy) is 2. The van der Waals surface area contributed by atoms with E-state index in [1.165, 1.54) is 142 Å². The molecule has 5 rings (SSSR count). The number of hydrogen-bond donors (Lipinski definition) is 0. The molecule has 4 nitrogen and oxygen atoms in total. The molecule has 0 saturated carbocycles. The molecular formula is C28H50N2O2. The van der Waals surface area contributed by atoms with Gasteiger partial charge in [0.05, 0.1) is 12.2 Å². The molecule has 0 aromatic heterocycles. The van der Waals surface area contributed by atoms with E-state index in [1.54, 1.807) is 0 Å². The fourth-order valence-electron chi connectivity index (χ4n) is 7.53. The lowest BCUT2D eigenvalue weighted by molar-refractivity contribution is -0.183. The van der Waals surface area contributed by atoms with Crippen molar-refractivity contribution in [2.45, 2.75) is 140 Å². The molecule has 0 aromatic rings. The van der Waals surface area contributed by atoms with E-state index >= 15 is 0 Å². The molecule has 0 radical (unpaired) electrons. The standard InChI is InChI=1S/C28H50N2O2/c1-3-7-15-25-17-21-30-20-10-14-24(28(30)31-25)12-6-2-4-8-16-26-18-22-29-19-9-13-23(11-5-1)27(29)32-26/h23-28H,1-22H2/t23-,24+,25-,26-,27+,28+/m1/s1. The fraction of sp³-hybridized carbons (Fsp3) is 1.00. The van der Waals surface area contributed by atoms with Crippen molar-refractivity contribution in [3.63, 3.8) is 0 Å². The molecule has 5 aliphatic heterocycles. The van der Waals surface area contributed by atoms with Gasteiger partial charge < -0.3 is 9.47 Å². The maximum Gasteiger partial charge on any atom is 0.113 e. The molecule has 5 heterocycles. The molecule has 5 aliphatic rings. The average molecular weight is 447 g/mol. The zero-order valence-electron chi connectivity index (χ0n) is 20.7. The lowest BCUT2D eigenvalue weighted by atomic mass is 9.87. The Morgan fingerprint density at radius 3 is 1.25 bits per heavy atom. The van der Waals surface area contributed by atoms with Crippen LogP contribution in [0.15, 0.2) is 0 Å². The molecule has 6 atom stereocenters. The lowest BCUT2D eigenvalue weighted by Gasteiger charge is -2.47. The van der Waals surface area contributed by atoms with Crippen molar-refractivity contribution in [2.75, 3.05) is 26.2 Å². The predicted molar refractivity (Wildman–Crippen MR) is 131 cm³/mol. The Kier molecular flexibility index (Phi) is 8.84. The molecular weight excluding hydrogens is 396 g/mol. The van der Waals surface area contributed by atoms with Crippen LogP contribution in [0.4, 0.5) is 0 Å². The van der Waals surface area contributed by atoms with E-state index in [0.717, 1.165) is 11.8 Å². The van der Waals surface area contributed by atoms with Crippen LogP contribution in [-0.2, 0) is 9.47 Å². The second kappa shape index (κ2) is 12.0. The summed E-state index contributed by atoms with van der Waals surface area (Å²) >= 11 is 0. The molecule has 0 amide bonds. The van der Waals surface area contributed by atoms with Gasteiger partial charge in [-0.15, -0.1) is 0 Å². The van der Waals surface area contributed by atoms with Gasteiger partial charge in [-0.3, -0.25) is 9.80 Å². The molecule has 0 aromatic carbocycles. The Morgan fingerprint density at radius 1 is 0.375 bits per heavy atom. The highest BCUT2D eigenvalue weighted by atomic mass is 16.5. The van der Waals surface area contributed by atoms with E-state index in [2.05, 4.69) is 9.80 Å². The second-order valence-electron chi connectivity index (χ2n) is 11.7. The second-order valence-corrected chi connectivity index (χ2v) is 11.7. The summed E-state index contributed by atoms with van der Waals surface area (Å²) < 4.78 is 13.5. The van der Waals surface area contributed by atoms with Crippen LogP contribution in [0.2, 0.25) is 0 Å². The highest BCUT2D eigenvalue weighted by Gasteiger charge is 2.38. The molecule has 0 N–H and O–H groups in total. The maximum atomic E-state index is 6.74. The van der Waals surface area contributed by atoms with Crippen molar-refractivity contribution >= 4 is 0 Å². The maximum absolute atomic E-state index is 6.74.